The van der Waals surface area contributed by atoms with Gasteiger partial charge >= 0.3 is 0 Å². The van der Waals surface area contributed by atoms with Crippen LogP contribution in [-0.2, 0) is 25.5 Å². The maximum Gasteiger partial charge on any atom is 0.246 e. The quantitative estimate of drug-likeness (QED) is 0.112. The van der Waals surface area contributed by atoms with Gasteiger partial charge in [-0.05, 0) is 93.2 Å². The Balaban J connectivity index is 1.34. The van der Waals surface area contributed by atoms with Crippen molar-refractivity contribution in [3.05, 3.63) is 69.6 Å². The summed E-state index contributed by atoms with van der Waals surface area (Å²) < 4.78 is 36.7. The topological polar surface area (TPSA) is 236 Å². The first-order valence-corrected chi connectivity index (χ1v) is 22.6. The summed E-state index contributed by atoms with van der Waals surface area (Å²) in [6, 6.07) is -0.674. The van der Waals surface area contributed by atoms with Crippen molar-refractivity contribution in [3.8, 4) is 17.2 Å². The van der Waals surface area contributed by atoms with E-state index in [1.54, 1.807) is 17.7 Å². The molecule has 3 aliphatic carbocycles. The van der Waals surface area contributed by atoms with Crippen LogP contribution < -0.4 is 24.8 Å². The minimum absolute atomic E-state index is 0.0200. The van der Waals surface area contributed by atoms with Crippen LogP contribution in [0.2, 0.25) is 0 Å². The van der Waals surface area contributed by atoms with E-state index in [0.717, 1.165) is 12.0 Å². The maximum atomic E-state index is 15.6. The van der Waals surface area contributed by atoms with Crippen LogP contribution in [0.25, 0.3) is 11.8 Å². The fourth-order valence-electron chi connectivity index (χ4n) is 11.3. The molecule has 8 aliphatic rings. The molecule has 5 aliphatic heterocycles. The maximum absolute atomic E-state index is 15.6. The van der Waals surface area contributed by atoms with Crippen molar-refractivity contribution in [1.82, 2.24) is 20.1 Å². The number of aliphatic hydroxyl groups excluding tert-OH is 5. The van der Waals surface area contributed by atoms with Gasteiger partial charge < -0.3 is 59.9 Å². The predicted octanol–water partition coefficient (Wildman–Crippen LogP) is 3.60. The van der Waals surface area contributed by atoms with Gasteiger partial charge in [-0.1, -0.05) is 29.4 Å². The van der Waals surface area contributed by atoms with Gasteiger partial charge in [0.25, 0.3) is 0 Å². The lowest BCUT2D eigenvalue weighted by Gasteiger charge is -2.62. The van der Waals surface area contributed by atoms with Crippen molar-refractivity contribution in [2.45, 2.75) is 147 Å². The molecule has 1 aromatic heterocycles. The number of fused-ring (bicyclic) bond motifs is 4. The number of ketones is 1. The largest absolute Gasteiger partial charge is 0.482 e. The molecule has 11 atom stereocenters. The number of nitrogens with one attached hydrogen (secondary N) is 2. The number of carbonyl (C=O) groups excluding carboxylic acids is 2. The summed E-state index contributed by atoms with van der Waals surface area (Å²) in [6.07, 6.45) is 5.35. The minimum atomic E-state index is -1.75. The molecule has 65 heavy (non-hydrogen) atoms. The second kappa shape index (κ2) is 16.2. The van der Waals surface area contributed by atoms with E-state index >= 15 is 4.79 Å². The highest BCUT2D eigenvalue weighted by Crippen LogP contribution is 2.74. The van der Waals surface area contributed by atoms with Gasteiger partial charge in [0.05, 0.1) is 41.7 Å². The van der Waals surface area contributed by atoms with Crippen molar-refractivity contribution < 1.29 is 58.8 Å². The Morgan fingerprint density at radius 3 is 2.48 bits per heavy atom. The molecule has 1 aromatic carbocycles. The van der Waals surface area contributed by atoms with Crippen molar-refractivity contribution in [2.24, 2.45) is 11.8 Å². The first kappa shape index (κ1) is 45.3. The Kier molecular flexibility index (Phi) is 11.3. The Labute approximate surface area is 377 Å². The van der Waals surface area contributed by atoms with Crippen LogP contribution >= 0.6 is 0 Å². The molecule has 0 radical (unpaired) electrons. The third-order valence-electron chi connectivity index (χ3n) is 14.4. The zero-order valence-corrected chi connectivity index (χ0v) is 38.2. The first-order valence-electron chi connectivity index (χ1n) is 22.6. The van der Waals surface area contributed by atoms with Crippen molar-refractivity contribution in [1.29, 1.82) is 0 Å². The van der Waals surface area contributed by atoms with E-state index in [4.69, 9.17) is 23.7 Å². The van der Waals surface area contributed by atoms with Crippen LogP contribution in [0.4, 0.5) is 5.95 Å². The van der Waals surface area contributed by atoms with Gasteiger partial charge in [0.15, 0.2) is 17.0 Å². The number of ether oxygens (including phenoxy) is 5. The Hall–Kier alpha value is -4.88. The number of anilines is 1. The monoisotopic (exact) mass is 899 g/mol. The van der Waals surface area contributed by atoms with Crippen molar-refractivity contribution in [2.75, 3.05) is 25.1 Å². The summed E-state index contributed by atoms with van der Waals surface area (Å²) in [6.45, 7) is 14.9. The molecule has 3 saturated carbocycles. The van der Waals surface area contributed by atoms with E-state index < -0.39 is 83.5 Å². The van der Waals surface area contributed by atoms with Crippen LogP contribution in [0.1, 0.15) is 104 Å². The third-order valence-corrected chi connectivity index (χ3v) is 14.4. The van der Waals surface area contributed by atoms with Crippen molar-refractivity contribution >= 4 is 29.4 Å². The molecule has 5 fully saturated rings. The second-order valence-electron chi connectivity index (χ2n) is 19.7. The fraction of sp³-hybridized carbons (Fsp3) is 0.583. The number of hydrogen-bond donors (Lipinski definition) is 7. The molecule has 1 spiro atoms. The molecule has 350 valence electrons. The Bertz CT molecular complexity index is 2460. The van der Waals surface area contributed by atoms with Gasteiger partial charge in [-0.3, -0.25) is 9.59 Å². The summed E-state index contributed by atoms with van der Waals surface area (Å²) in [5.41, 5.74) is 0.427. The molecule has 7 N–H and O–H groups in total. The van der Waals surface area contributed by atoms with E-state index in [0.29, 0.717) is 70.2 Å². The van der Waals surface area contributed by atoms with Crippen LogP contribution in [0.3, 0.4) is 0 Å². The van der Waals surface area contributed by atoms with E-state index in [9.17, 15) is 30.3 Å². The van der Waals surface area contributed by atoms with E-state index in [1.165, 1.54) is 11.9 Å². The van der Waals surface area contributed by atoms with Gasteiger partial charge in [-0.2, -0.15) is 10.1 Å². The molecular formula is C48H61N5O12. The lowest BCUT2D eigenvalue weighted by molar-refractivity contribution is -0.277. The van der Waals surface area contributed by atoms with Gasteiger partial charge in [-0.25, -0.2) is 4.68 Å². The number of Topliss-reactive ketones (excluding diaryl/α,β-unsaturated/α-hetero) is 1. The first-order chi connectivity index (χ1) is 30.8. The van der Waals surface area contributed by atoms with E-state index in [-0.39, 0.29) is 31.1 Å². The summed E-state index contributed by atoms with van der Waals surface area (Å²) >= 11 is 0. The second-order valence-corrected chi connectivity index (χ2v) is 19.7. The zero-order chi connectivity index (χ0) is 46.5. The van der Waals surface area contributed by atoms with Gasteiger partial charge in [0.2, 0.25) is 18.1 Å². The zero-order valence-electron chi connectivity index (χ0n) is 38.2. The van der Waals surface area contributed by atoms with Crippen LogP contribution in [0.5, 0.6) is 17.2 Å². The number of rotatable bonds is 13. The smallest absolute Gasteiger partial charge is 0.246 e. The highest BCUT2D eigenvalue weighted by atomic mass is 16.7. The van der Waals surface area contributed by atoms with Crippen LogP contribution in [-0.4, -0.2) is 125 Å². The number of allylic oxidation sites excluding steroid dienone is 4. The molecule has 4 bridgehead atoms. The number of aliphatic hydroxyl groups is 5. The normalized spacial score (nSPS) is 34.3. The molecule has 6 heterocycles. The average Bonchev–Trinajstić information content (AvgIpc) is 3.79. The minimum Gasteiger partial charge on any atom is -0.482 e. The molecule has 17 heteroatoms. The lowest BCUT2D eigenvalue weighted by atomic mass is 9.47. The molecular weight excluding hydrogens is 839 g/mol. The number of benzene rings is 1. The number of amides is 1. The van der Waals surface area contributed by atoms with Gasteiger partial charge in [0, 0.05) is 41.5 Å². The molecule has 2 aromatic rings. The van der Waals surface area contributed by atoms with E-state index in [1.807, 2.05) is 60.6 Å². The average molecular weight is 900 g/mol. The summed E-state index contributed by atoms with van der Waals surface area (Å²) in [7, 11) is 0. The van der Waals surface area contributed by atoms with Crippen molar-refractivity contribution in [3.63, 3.8) is 0 Å². The van der Waals surface area contributed by atoms with Crippen LogP contribution in [0.15, 0.2) is 52.9 Å². The molecule has 17 nitrogen and oxygen atoms in total. The Morgan fingerprint density at radius 2 is 1.77 bits per heavy atom. The summed E-state index contributed by atoms with van der Waals surface area (Å²) in [4.78, 5) is 33.4. The summed E-state index contributed by atoms with van der Waals surface area (Å²) in [5.74, 6) is -0.349. The highest BCUT2D eigenvalue weighted by Gasteiger charge is 2.84. The van der Waals surface area contributed by atoms with Crippen LogP contribution in [0, 0.1) is 11.8 Å². The van der Waals surface area contributed by atoms with E-state index in [2.05, 4.69) is 32.9 Å². The highest BCUT2D eigenvalue weighted by molar-refractivity contribution is 6.03. The molecule has 10 rings (SSSR count). The molecule has 6 unspecified atom stereocenters. The number of hydrogen-bond acceptors (Lipinski definition) is 15. The Morgan fingerprint density at radius 1 is 1.02 bits per heavy atom. The number of nitrogens with zero attached hydrogens (tertiary/aromatic N) is 3. The number of carbonyl (C=O) groups is 2. The summed E-state index contributed by atoms with van der Waals surface area (Å²) in [5, 5.41) is 63.8. The molecule has 2 saturated heterocycles. The predicted molar refractivity (Wildman–Crippen MR) is 237 cm³/mol. The lowest BCUT2D eigenvalue weighted by Crippen LogP contribution is -2.75. The van der Waals surface area contributed by atoms with Gasteiger partial charge in [-0.15, -0.1) is 0 Å². The molecule has 1 amide bonds. The standard InChI is InChI=1S/C48H61N5O12/c1-23(2)10-9-15-46(8)16-14-27-38(63-46)26(12-11-24(3)4)40-31(39(27)62-43-37(58)36(57)35(56)29(21-55)61-43)33-32-34(53-44(52-33)50-22-51-53)28-20-30-45(6,7)65-47(41(28)59,48(30,32)64-40)17-13-25(5)42(60)49-18-19-54/h10-11,13-14,16,22,28-30,34-37,43,54-58H,9,12,15,17-21H2,1-8H3,(H,49,60)(H,50,51,52)/b25-13-/t28?,29-,30?,34?,35-,36+,37-,43+,46?,47?,48?/m1/s1. The SMILES string of the molecule is CC(C)=CCCC1(C)C=Cc2c(c(CC=C(C)C)c3c(c2O[C@@H]2O[C@H](CO)[C@@H](O)[C@H](O)[C@H]2O)C2=C4C(C5CC6C(C)(C)OC(C/C=C(/C)C(=O)NCCO)(C5=O)C46O3)n3ncnc3N2)O1. The third kappa shape index (κ3) is 6.82. The fourth-order valence-corrected chi connectivity index (χ4v) is 11.3. The van der Waals surface area contributed by atoms with Gasteiger partial charge in [0.1, 0.15) is 53.6 Å². The number of aromatic nitrogens is 3.